The van der Waals surface area contributed by atoms with Gasteiger partial charge in [-0.15, -0.1) is 0 Å². The standard InChI is InChI=1S/C13H16O4/c1-4-16-12-7-10(9(3)14)6-11(8-12)13(15)17-5-2/h6-8H,4-5H2,1-3H3. The molecule has 0 fully saturated rings. The number of carbonyl (C=O) groups is 2. The Morgan fingerprint density at radius 2 is 1.71 bits per heavy atom. The molecule has 0 bridgehead atoms. The van der Waals surface area contributed by atoms with E-state index in [0.717, 1.165) is 0 Å². The van der Waals surface area contributed by atoms with E-state index in [1.165, 1.54) is 13.0 Å². The average Bonchev–Trinajstić information content (AvgIpc) is 2.29. The van der Waals surface area contributed by atoms with Gasteiger partial charge < -0.3 is 9.47 Å². The Labute approximate surface area is 101 Å². The van der Waals surface area contributed by atoms with Gasteiger partial charge in [0.05, 0.1) is 18.8 Å². The highest BCUT2D eigenvalue weighted by molar-refractivity contribution is 5.98. The lowest BCUT2D eigenvalue weighted by molar-refractivity contribution is 0.0526. The van der Waals surface area contributed by atoms with E-state index in [1.54, 1.807) is 19.1 Å². The van der Waals surface area contributed by atoms with Gasteiger partial charge in [-0.1, -0.05) is 0 Å². The van der Waals surface area contributed by atoms with Gasteiger partial charge in [0.1, 0.15) is 5.75 Å². The van der Waals surface area contributed by atoms with Crippen molar-refractivity contribution in [2.45, 2.75) is 20.8 Å². The van der Waals surface area contributed by atoms with Gasteiger partial charge in [0.2, 0.25) is 0 Å². The zero-order valence-electron chi connectivity index (χ0n) is 10.3. The van der Waals surface area contributed by atoms with E-state index < -0.39 is 5.97 Å². The van der Waals surface area contributed by atoms with Crippen LogP contribution < -0.4 is 4.74 Å². The zero-order chi connectivity index (χ0) is 12.8. The largest absolute Gasteiger partial charge is 0.494 e. The lowest BCUT2D eigenvalue weighted by Crippen LogP contribution is -2.07. The van der Waals surface area contributed by atoms with E-state index in [4.69, 9.17) is 9.47 Å². The molecule has 1 rings (SSSR count). The Morgan fingerprint density at radius 3 is 2.24 bits per heavy atom. The highest BCUT2D eigenvalue weighted by Gasteiger charge is 2.12. The summed E-state index contributed by atoms with van der Waals surface area (Å²) in [5.41, 5.74) is 0.780. The third-order valence-corrected chi connectivity index (χ3v) is 2.14. The maximum absolute atomic E-state index is 11.6. The number of Topliss-reactive ketones (excluding diaryl/α,β-unsaturated/α-hetero) is 1. The topological polar surface area (TPSA) is 52.6 Å². The van der Waals surface area contributed by atoms with Crippen molar-refractivity contribution in [1.82, 2.24) is 0 Å². The molecule has 0 heterocycles. The maximum atomic E-state index is 11.6. The Morgan fingerprint density at radius 1 is 1.06 bits per heavy atom. The Bertz CT molecular complexity index is 423. The molecular formula is C13H16O4. The van der Waals surface area contributed by atoms with Gasteiger partial charge in [-0.05, 0) is 39.0 Å². The number of ketones is 1. The summed E-state index contributed by atoms with van der Waals surface area (Å²) in [6.45, 7) is 5.79. The van der Waals surface area contributed by atoms with E-state index >= 15 is 0 Å². The van der Waals surface area contributed by atoms with Crippen molar-refractivity contribution in [2.75, 3.05) is 13.2 Å². The summed E-state index contributed by atoms with van der Waals surface area (Å²) in [4.78, 5) is 22.9. The highest BCUT2D eigenvalue weighted by Crippen LogP contribution is 2.18. The smallest absolute Gasteiger partial charge is 0.338 e. The van der Waals surface area contributed by atoms with Gasteiger partial charge in [-0.25, -0.2) is 4.79 Å². The molecule has 4 nitrogen and oxygen atoms in total. The maximum Gasteiger partial charge on any atom is 0.338 e. The molecule has 0 aliphatic carbocycles. The van der Waals surface area contributed by atoms with Crippen molar-refractivity contribution in [3.8, 4) is 5.75 Å². The summed E-state index contributed by atoms with van der Waals surface area (Å²) in [6.07, 6.45) is 0. The number of ether oxygens (including phenoxy) is 2. The molecule has 1 aromatic carbocycles. The summed E-state index contributed by atoms with van der Waals surface area (Å²) in [7, 11) is 0. The van der Waals surface area contributed by atoms with E-state index in [-0.39, 0.29) is 5.78 Å². The Hall–Kier alpha value is -1.84. The van der Waals surface area contributed by atoms with Crippen molar-refractivity contribution < 1.29 is 19.1 Å². The second-order valence-electron chi connectivity index (χ2n) is 3.46. The predicted octanol–water partition coefficient (Wildman–Crippen LogP) is 2.46. The minimum atomic E-state index is -0.448. The lowest BCUT2D eigenvalue weighted by Gasteiger charge is -2.08. The van der Waals surface area contributed by atoms with E-state index in [0.29, 0.717) is 30.1 Å². The average molecular weight is 236 g/mol. The van der Waals surface area contributed by atoms with E-state index in [2.05, 4.69) is 0 Å². The number of rotatable bonds is 5. The second-order valence-corrected chi connectivity index (χ2v) is 3.46. The summed E-state index contributed by atoms with van der Waals surface area (Å²) in [5.74, 6) is -0.0584. The monoisotopic (exact) mass is 236 g/mol. The minimum Gasteiger partial charge on any atom is -0.494 e. The van der Waals surface area contributed by atoms with Crippen LogP contribution in [0, 0.1) is 0 Å². The summed E-state index contributed by atoms with van der Waals surface area (Å²) in [5, 5.41) is 0. The van der Waals surface area contributed by atoms with Crippen LogP contribution in [0.1, 0.15) is 41.5 Å². The van der Waals surface area contributed by atoms with Crippen LogP contribution in [0.3, 0.4) is 0 Å². The molecule has 92 valence electrons. The van der Waals surface area contributed by atoms with Gasteiger partial charge in [0.25, 0.3) is 0 Å². The first-order chi connectivity index (χ1) is 8.08. The fraction of sp³-hybridized carbons (Fsp3) is 0.385. The van der Waals surface area contributed by atoms with Crippen LogP contribution in [0.4, 0.5) is 0 Å². The third-order valence-electron chi connectivity index (χ3n) is 2.14. The van der Waals surface area contributed by atoms with Gasteiger partial charge in [-0.2, -0.15) is 0 Å². The fourth-order valence-corrected chi connectivity index (χ4v) is 1.38. The summed E-state index contributed by atoms with van der Waals surface area (Å²) < 4.78 is 10.2. The molecule has 0 N–H and O–H groups in total. The van der Waals surface area contributed by atoms with E-state index in [9.17, 15) is 9.59 Å². The zero-order valence-corrected chi connectivity index (χ0v) is 10.3. The van der Waals surface area contributed by atoms with Crippen molar-refractivity contribution in [2.24, 2.45) is 0 Å². The number of hydrogen-bond acceptors (Lipinski definition) is 4. The minimum absolute atomic E-state index is 0.114. The highest BCUT2D eigenvalue weighted by atomic mass is 16.5. The molecule has 17 heavy (non-hydrogen) atoms. The quantitative estimate of drug-likeness (QED) is 0.582. The molecule has 0 saturated heterocycles. The molecule has 0 saturated carbocycles. The molecule has 4 heteroatoms. The molecule has 0 unspecified atom stereocenters. The molecule has 0 atom stereocenters. The van der Waals surface area contributed by atoms with E-state index in [1.807, 2.05) is 6.92 Å². The van der Waals surface area contributed by atoms with Crippen LogP contribution in [0.5, 0.6) is 5.75 Å². The van der Waals surface area contributed by atoms with Crippen LogP contribution in [0.2, 0.25) is 0 Å². The third kappa shape index (κ3) is 3.59. The van der Waals surface area contributed by atoms with Gasteiger partial charge in [0, 0.05) is 5.56 Å². The summed E-state index contributed by atoms with van der Waals surface area (Å²) in [6, 6.07) is 4.71. The van der Waals surface area contributed by atoms with Crippen molar-refractivity contribution in [3.63, 3.8) is 0 Å². The number of carbonyl (C=O) groups excluding carboxylic acids is 2. The molecule has 0 aliphatic heterocycles. The predicted molar refractivity (Wildman–Crippen MR) is 63.6 cm³/mol. The van der Waals surface area contributed by atoms with Crippen LogP contribution in [0.15, 0.2) is 18.2 Å². The first-order valence-corrected chi connectivity index (χ1v) is 5.54. The van der Waals surface area contributed by atoms with Crippen molar-refractivity contribution >= 4 is 11.8 Å². The van der Waals surface area contributed by atoms with Crippen LogP contribution in [0.25, 0.3) is 0 Å². The normalized spacial score (nSPS) is 9.82. The summed E-state index contributed by atoms with van der Waals surface area (Å²) >= 11 is 0. The Kier molecular flexibility index (Phi) is 4.69. The van der Waals surface area contributed by atoms with Crippen LogP contribution >= 0.6 is 0 Å². The lowest BCUT2D eigenvalue weighted by atomic mass is 10.1. The number of hydrogen-bond donors (Lipinski definition) is 0. The van der Waals surface area contributed by atoms with Crippen molar-refractivity contribution in [3.05, 3.63) is 29.3 Å². The van der Waals surface area contributed by atoms with Gasteiger partial charge in [-0.3, -0.25) is 4.79 Å². The van der Waals surface area contributed by atoms with Crippen LogP contribution in [-0.4, -0.2) is 25.0 Å². The fourth-order valence-electron chi connectivity index (χ4n) is 1.38. The molecule has 0 amide bonds. The van der Waals surface area contributed by atoms with Gasteiger partial charge >= 0.3 is 5.97 Å². The molecule has 0 spiro atoms. The number of esters is 1. The van der Waals surface area contributed by atoms with Gasteiger partial charge in [0.15, 0.2) is 5.78 Å². The molecule has 0 aliphatic rings. The van der Waals surface area contributed by atoms with Crippen molar-refractivity contribution in [1.29, 1.82) is 0 Å². The Balaban J connectivity index is 3.11. The molecular weight excluding hydrogens is 220 g/mol. The first-order valence-electron chi connectivity index (χ1n) is 5.54. The molecule has 1 aromatic rings. The van der Waals surface area contributed by atoms with Crippen LogP contribution in [-0.2, 0) is 4.74 Å². The second kappa shape index (κ2) is 6.03. The number of benzene rings is 1. The molecule has 0 radical (unpaired) electrons. The molecule has 0 aromatic heterocycles. The first kappa shape index (κ1) is 13.2. The SMILES string of the molecule is CCOC(=O)c1cc(OCC)cc(C(C)=O)c1.